The summed E-state index contributed by atoms with van der Waals surface area (Å²) in [6.45, 7) is 3.62. The standard InChI is InChI=1S/C15H19N3O2/c1-4-15(6-5-7-16)9-12-8-14(20-3)17-10-13(12)18(15)11(2)19/h8,10H,4-6,9H2,1-3H3. The summed E-state index contributed by atoms with van der Waals surface area (Å²) in [5, 5.41) is 8.87. The predicted molar refractivity (Wildman–Crippen MR) is 75.5 cm³/mol. The lowest BCUT2D eigenvalue weighted by Crippen LogP contribution is -2.48. The van der Waals surface area contributed by atoms with Crippen molar-refractivity contribution in [3.05, 3.63) is 17.8 Å². The van der Waals surface area contributed by atoms with Crippen LogP contribution in [0, 0.1) is 11.3 Å². The lowest BCUT2D eigenvalue weighted by molar-refractivity contribution is -0.117. The molecule has 1 amide bonds. The van der Waals surface area contributed by atoms with E-state index >= 15 is 0 Å². The van der Waals surface area contributed by atoms with Crippen LogP contribution in [-0.2, 0) is 11.2 Å². The first-order valence-corrected chi connectivity index (χ1v) is 6.78. The van der Waals surface area contributed by atoms with Crippen molar-refractivity contribution in [1.29, 1.82) is 5.26 Å². The van der Waals surface area contributed by atoms with Crippen LogP contribution in [-0.4, -0.2) is 23.5 Å². The largest absolute Gasteiger partial charge is 0.481 e. The Bertz CT molecular complexity index is 565. The molecule has 0 saturated heterocycles. The Morgan fingerprint density at radius 3 is 2.95 bits per heavy atom. The average molecular weight is 273 g/mol. The summed E-state index contributed by atoms with van der Waals surface area (Å²) in [4.78, 5) is 18.1. The number of ether oxygens (including phenoxy) is 1. The average Bonchev–Trinajstić information content (AvgIpc) is 2.78. The number of hydrogen-bond acceptors (Lipinski definition) is 4. The fourth-order valence-electron chi connectivity index (χ4n) is 3.06. The predicted octanol–water partition coefficient (Wildman–Crippen LogP) is 2.45. The molecule has 0 fully saturated rings. The Kier molecular flexibility index (Phi) is 3.93. The highest BCUT2D eigenvalue weighted by Gasteiger charge is 2.44. The molecular formula is C15H19N3O2. The smallest absolute Gasteiger partial charge is 0.224 e. The van der Waals surface area contributed by atoms with E-state index in [1.54, 1.807) is 20.2 Å². The van der Waals surface area contributed by atoms with Gasteiger partial charge in [-0.15, -0.1) is 0 Å². The van der Waals surface area contributed by atoms with E-state index in [9.17, 15) is 4.79 Å². The summed E-state index contributed by atoms with van der Waals surface area (Å²) in [5.41, 5.74) is 1.60. The van der Waals surface area contributed by atoms with E-state index in [4.69, 9.17) is 10.00 Å². The Morgan fingerprint density at radius 1 is 1.65 bits per heavy atom. The first-order chi connectivity index (χ1) is 9.57. The van der Waals surface area contributed by atoms with Gasteiger partial charge in [-0.3, -0.25) is 4.79 Å². The van der Waals surface area contributed by atoms with E-state index in [2.05, 4.69) is 18.0 Å². The van der Waals surface area contributed by atoms with Crippen molar-refractivity contribution >= 4 is 11.6 Å². The molecule has 2 rings (SSSR count). The van der Waals surface area contributed by atoms with E-state index < -0.39 is 0 Å². The maximum atomic E-state index is 12.1. The summed E-state index contributed by atoms with van der Waals surface area (Å²) in [5.74, 6) is 0.551. The molecule has 0 bridgehead atoms. The first kappa shape index (κ1) is 14.3. The van der Waals surface area contributed by atoms with Crippen molar-refractivity contribution in [1.82, 2.24) is 4.98 Å². The van der Waals surface area contributed by atoms with Gasteiger partial charge in [-0.05, 0) is 24.8 Å². The zero-order valence-corrected chi connectivity index (χ0v) is 12.1. The van der Waals surface area contributed by atoms with Crippen LogP contribution in [0.2, 0.25) is 0 Å². The molecule has 2 heterocycles. The van der Waals surface area contributed by atoms with Gasteiger partial charge in [0.25, 0.3) is 0 Å². The summed E-state index contributed by atoms with van der Waals surface area (Å²) in [7, 11) is 1.58. The number of nitriles is 1. The molecule has 5 heteroatoms. The van der Waals surface area contributed by atoms with Gasteiger partial charge >= 0.3 is 0 Å². The second-order valence-corrected chi connectivity index (χ2v) is 5.12. The minimum atomic E-state index is -0.308. The molecule has 20 heavy (non-hydrogen) atoms. The van der Waals surface area contributed by atoms with E-state index in [1.165, 1.54) is 0 Å². The molecule has 0 aliphatic carbocycles. The molecule has 1 aliphatic heterocycles. The molecule has 0 spiro atoms. The van der Waals surface area contributed by atoms with Gasteiger partial charge in [0.15, 0.2) is 0 Å². The third-order valence-corrected chi connectivity index (χ3v) is 4.06. The van der Waals surface area contributed by atoms with Crippen molar-refractivity contribution in [2.45, 2.75) is 45.1 Å². The van der Waals surface area contributed by atoms with Crippen molar-refractivity contribution in [3.63, 3.8) is 0 Å². The minimum Gasteiger partial charge on any atom is -0.481 e. The molecule has 0 saturated carbocycles. The van der Waals surface area contributed by atoms with Crippen molar-refractivity contribution in [3.8, 4) is 11.9 Å². The van der Waals surface area contributed by atoms with Crippen LogP contribution < -0.4 is 9.64 Å². The number of nitrogens with zero attached hydrogens (tertiary/aromatic N) is 3. The maximum absolute atomic E-state index is 12.1. The second-order valence-electron chi connectivity index (χ2n) is 5.12. The molecule has 0 aromatic carbocycles. The molecule has 0 radical (unpaired) electrons. The van der Waals surface area contributed by atoms with E-state index in [-0.39, 0.29) is 11.4 Å². The quantitative estimate of drug-likeness (QED) is 0.845. The molecule has 1 aromatic rings. The fraction of sp³-hybridized carbons (Fsp3) is 0.533. The molecule has 1 atom stereocenters. The number of hydrogen-bond donors (Lipinski definition) is 0. The summed E-state index contributed by atoms with van der Waals surface area (Å²) in [6, 6.07) is 4.07. The Labute approximate surface area is 119 Å². The zero-order valence-electron chi connectivity index (χ0n) is 12.1. The molecule has 1 aromatic heterocycles. The van der Waals surface area contributed by atoms with Gasteiger partial charge in [0, 0.05) is 19.4 Å². The number of fused-ring (bicyclic) bond motifs is 1. The number of carbonyl (C=O) groups is 1. The Balaban J connectivity index is 2.46. The molecule has 0 N–H and O–H groups in total. The van der Waals surface area contributed by atoms with Crippen molar-refractivity contribution < 1.29 is 9.53 Å². The highest BCUT2D eigenvalue weighted by molar-refractivity contribution is 5.95. The van der Waals surface area contributed by atoms with Crippen LogP contribution in [0.1, 0.15) is 38.7 Å². The highest BCUT2D eigenvalue weighted by Crippen LogP contribution is 2.43. The topological polar surface area (TPSA) is 66.2 Å². The van der Waals surface area contributed by atoms with Crippen molar-refractivity contribution in [2.75, 3.05) is 12.0 Å². The van der Waals surface area contributed by atoms with Crippen LogP contribution in [0.15, 0.2) is 12.3 Å². The van der Waals surface area contributed by atoms with Gasteiger partial charge in [-0.1, -0.05) is 6.92 Å². The van der Waals surface area contributed by atoms with Crippen LogP contribution in [0.25, 0.3) is 0 Å². The van der Waals surface area contributed by atoms with Crippen molar-refractivity contribution in [2.24, 2.45) is 0 Å². The van der Waals surface area contributed by atoms with Gasteiger partial charge in [-0.25, -0.2) is 4.98 Å². The highest BCUT2D eigenvalue weighted by atomic mass is 16.5. The zero-order chi connectivity index (χ0) is 14.8. The third-order valence-electron chi connectivity index (χ3n) is 4.06. The normalized spacial score (nSPS) is 20.4. The third kappa shape index (κ3) is 2.22. The van der Waals surface area contributed by atoms with Crippen LogP contribution >= 0.6 is 0 Å². The van der Waals surface area contributed by atoms with Crippen LogP contribution in [0.5, 0.6) is 5.88 Å². The molecule has 106 valence electrons. The maximum Gasteiger partial charge on any atom is 0.224 e. The number of aromatic nitrogens is 1. The summed E-state index contributed by atoms with van der Waals surface area (Å²) >= 11 is 0. The first-order valence-electron chi connectivity index (χ1n) is 6.78. The van der Waals surface area contributed by atoms with Gasteiger partial charge in [0.05, 0.1) is 30.6 Å². The second kappa shape index (κ2) is 5.49. The van der Waals surface area contributed by atoms with Gasteiger partial charge < -0.3 is 9.64 Å². The number of methoxy groups -OCH3 is 1. The van der Waals surface area contributed by atoms with Gasteiger partial charge in [-0.2, -0.15) is 5.26 Å². The van der Waals surface area contributed by atoms with Gasteiger partial charge in [0.2, 0.25) is 11.8 Å². The number of anilines is 1. The molecule has 5 nitrogen and oxygen atoms in total. The lowest BCUT2D eigenvalue weighted by Gasteiger charge is -2.37. The number of carbonyl (C=O) groups excluding carboxylic acids is 1. The number of amides is 1. The Morgan fingerprint density at radius 2 is 2.40 bits per heavy atom. The Hall–Kier alpha value is -2.09. The summed E-state index contributed by atoms with van der Waals surface area (Å²) < 4.78 is 5.15. The molecule has 1 unspecified atom stereocenters. The van der Waals surface area contributed by atoms with Crippen LogP contribution in [0.4, 0.5) is 5.69 Å². The minimum absolute atomic E-state index is 0.00416. The van der Waals surface area contributed by atoms with E-state index in [0.29, 0.717) is 18.7 Å². The van der Waals surface area contributed by atoms with E-state index in [1.807, 2.05) is 11.0 Å². The monoisotopic (exact) mass is 273 g/mol. The van der Waals surface area contributed by atoms with Gasteiger partial charge in [0.1, 0.15) is 0 Å². The lowest BCUT2D eigenvalue weighted by atomic mass is 9.86. The SMILES string of the molecule is CCC1(CCC#N)Cc2cc(OC)ncc2N1C(C)=O. The van der Waals surface area contributed by atoms with E-state index in [0.717, 1.165) is 24.1 Å². The fourth-order valence-corrected chi connectivity index (χ4v) is 3.06. The number of rotatable bonds is 4. The molecular weight excluding hydrogens is 254 g/mol. The summed E-state index contributed by atoms with van der Waals surface area (Å²) in [6.07, 6.45) is 4.37. The van der Waals surface area contributed by atoms with Crippen LogP contribution in [0.3, 0.4) is 0 Å². The molecule has 1 aliphatic rings. The number of pyridine rings is 1.